The SMILES string of the molecule is CC(C)([NH-])CCC(C)(C)[NH-].[Cl][Pt+].[Cl][Pt+].[NH2-].[NH2-].[NH2-].[NH2-]. The molecule has 0 rings (SSSR count). The van der Waals surface area contributed by atoms with Crippen molar-refractivity contribution in [2.75, 3.05) is 0 Å². The van der Waals surface area contributed by atoms with Gasteiger partial charge in [-0.05, 0) is 0 Å². The van der Waals surface area contributed by atoms with Crippen LogP contribution in [0.1, 0.15) is 40.5 Å². The van der Waals surface area contributed by atoms with Crippen LogP contribution in [0.2, 0.25) is 0 Å². The minimum absolute atomic E-state index is 0. The second-order valence-electron chi connectivity index (χ2n) is 4.27. The predicted molar refractivity (Wildman–Crippen MR) is 78.9 cm³/mol. The number of rotatable bonds is 3. The Hall–Kier alpha value is 1.72. The van der Waals surface area contributed by atoms with Crippen LogP contribution in [-0.2, 0) is 37.5 Å². The summed E-state index contributed by atoms with van der Waals surface area (Å²) in [7, 11) is 9.22. The van der Waals surface area contributed by atoms with Crippen molar-refractivity contribution in [2.24, 2.45) is 0 Å². The molecule has 126 valence electrons. The van der Waals surface area contributed by atoms with Crippen molar-refractivity contribution in [1.29, 1.82) is 0 Å². The largest absolute Gasteiger partial charge is 0.693 e. The van der Waals surface area contributed by atoms with E-state index in [2.05, 4.69) is 18.8 Å². The molecule has 0 saturated carbocycles. The summed E-state index contributed by atoms with van der Waals surface area (Å²) in [5.74, 6) is 0. The molecule has 18 heavy (non-hydrogen) atoms. The number of hydrogen-bond donors (Lipinski definition) is 0. The molecule has 10 N–H and O–H groups in total. The topological polar surface area (TPSA) is 182 Å². The fraction of sp³-hybridized carbons (Fsp3) is 1.00. The minimum atomic E-state index is -0.363. The van der Waals surface area contributed by atoms with E-state index >= 15 is 0 Å². The molecule has 0 aromatic rings. The van der Waals surface area contributed by atoms with Gasteiger partial charge in [-0.25, -0.2) is 0 Å². The predicted octanol–water partition coefficient (Wildman–Crippen LogP) is 7.67. The van der Waals surface area contributed by atoms with Gasteiger partial charge in [0.15, 0.2) is 0 Å². The summed E-state index contributed by atoms with van der Waals surface area (Å²) in [5.41, 5.74) is 14.3. The van der Waals surface area contributed by atoms with Crippen LogP contribution in [0.3, 0.4) is 0 Å². The molecule has 0 aliphatic rings. The van der Waals surface area contributed by atoms with Crippen LogP contribution < -0.4 is 0 Å². The van der Waals surface area contributed by atoms with Crippen molar-refractivity contribution in [3.63, 3.8) is 0 Å². The first kappa shape index (κ1) is 42.7. The molecule has 0 aromatic carbocycles. The Bertz CT molecular complexity index is 105. The molecule has 0 spiro atoms. The molecular formula is C8H26Cl2N6Pt2-4. The van der Waals surface area contributed by atoms with Crippen LogP contribution in [-0.4, -0.2) is 11.1 Å². The number of nitrogens with two attached hydrogens (primary N) is 4. The fourth-order valence-corrected chi connectivity index (χ4v) is 0.625. The zero-order chi connectivity index (χ0) is 12.4. The molecule has 0 atom stereocenters. The van der Waals surface area contributed by atoms with Crippen molar-refractivity contribution < 1.29 is 37.5 Å². The maximum atomic E-state index is 7.53. The summed E-state index contributed by atoms with van der Waals surface area (Å²) < 4.78 is 0. The maximum Gasteiger partial charge on any atom is -0.693 e. The van der Waals surface area contributed by atoms with E-state index in [1.165, 1.54) is 0 Å². The van der Waals surface area contributed by atoms with Crippen LogP contribution in [0.5, 0.6) is 0 Å². The smallest absolute Gasteiger partial charge is 0.693 e. The van der Waals surface area contributed by atoms with E-state index in [1.54, 1.807) is 37.5 Å². The molecule has 0 heterocycles. The van der Waals surface area contributed by atoms with E-state index in [9.17, 15) is 0 Å². The van der Waals surface area contributed by atoms with Crippen LogP contribution in [0.15, 0.2) is 0 Å². The first-order valence-corrected chi connectivity index (χ1v) is 9.58. The van der Waals surface area contributed by atoms with Gasteiger partial charge in [-0.1, -0.05) is 40.5 Å². The average Bonchev–Trinajstić information content (AvgIpc) is 2.06. The van der Waals surface area contributed by atoms with E-state index < -0.39 is 0 Å². The molecule has 0 amide bonds. The Balaban J connectivity index is -0.0000000275. The summed E-state index contributed by atoms with van der Waals surface area (Å²) in [4.78, 5) is 0. The molecule has 0 saturated heterocycles. The number of hydrogen-bond acceptors (Lipinski definition) is 0. The monoisotopic (exact) mass is 666 g/mol. The molecule has 6 nitrogen and oxygen atoms in total. The first-order chi connectivity index (χ1) is 6.21. The van der Waals surface area contributed by atoms with E-state index in [0.29, 0.717) is 0 Å². The molecule has 0 aliphatic carbocycles. The Morgan fingerprint density at radius 3 is 0.833 bits per heavy atom. The van der Waals surface area contributed by atoms with Crippen molar-refractivity contribution in [3.05, 3.63) is 36.1 Å². The number of halogens is 2. The third-order valence-electron chi connectivity index (χ3n) is 1.37. The summed E-state index contributed by atoms with van der Waals surface area (Å²) in [6.07, 6.45) is 1.62. The summed E-state index contributed by atoms with van der Waals surface area (Å²) in [5, 5.41) is 0. The van der Waals surface area contributed by atoms with E-state index in [4.69, 9.17) is 11.5 Å². The third-order valence-corrected chi connectivity index (χ3v) is 1.37. The second-order valence-corrected chi connectivity index (χ2v) is 4.27. The van der Waals surface area contributed by atoms with Gasteiger partial charge in [0.2, 0.25) is 0 Å². The van der Waals surface area contributed by atoms with Crippen LogP contribution >= 0.6 is 18.8 Å². The minimum Gasteiger partial charge on any atom is -0.693 e. The molecule has 0 bridgehead atoms. The summed E-state index contributed by atoms with van der Waals surface area (Å²) in [6, 6.07) is 0. The second kappa shape index (κ2) is 23.8. The average molecular weight is 667 g/mol. The Labute approximate surface area is 143 Å². The van der Waals surface area contributed by atoms with Gasteiger partial charge in [-0.3, -0.25) is 0 Å². The van der Waals surface area contributed by atoms with Crippen molar-refractivity contribution in [2.45, 2.75) is 51.6 Å². The molecule has 0 radical (unpaired) electrons. The molecule has 0 aromatic heterocycles. The van der Waals surface area contributed by atoms with Gasteiger partial charge in [0.25, 0.3) is 0 Å². The zero-order valence-electron chi connectivity index (χ0n) is 11.1. The molecule has 0 unspecified atom stereocenters. The number of nitrogens with one attached hydrogen (secondary N) is 2. The van der Waals surface area contributed by atoms with Crippen molar-refractivity contribution >= 4 is 18.8 Å². The van der Waals surface area contributed by atoms with Crippen LogP contribution in [0.4, 0.5) is 0 Å². The van der Waals surface area contributed by atoms with Gasteiger partial charge in [0, 0.05) is 0 Å². The van der Waals surface area contributed by atoms with E-state index in [0.717, 1.165) is 12.8 Å². The zero-order valence-corrected chi connectivity index (χ0v) is 17.2. The Morgan fingerprint density at radius 2 is 0.778 bits per heavy atom. The van der Waals surface area contributed by atoms with Gasteiger partial charge < -0.3 is 36.1 Å². The summed E-state index contributed by atoms with van der Waals surface area (Å²) >= 11 is 3.22. The van der Waals surface area contributed by atoms with E-state index in [1.807, 2.05) is 27.7 Å². The fourth-order valence-electron chi connectivity index (χ4n) is 0.625. The Morgan fingerprint density at radius 1 is 0.667 bits per heavy atom. The normalized spacial score (nSPS) is 8.44. The molecule has 0 fully saturated rings. The standard InChI is InChI=1S/C8H18N2.2ClH.4H2N.2Pt/c1-7(2,9)5-6-8(3,4)10;;;;;;;;/h9-10H,5-6H2,1-4H3;2*1H;4*1H2;;/q-2;;;4*-1;2*+2/p-2. The third kappa shape index (κ3) is 65.2. The van der Waals surface area contributed by atoms with Crippen LogP contribution in [0, 0.1) is 0 Å². The van der Waals surface area contributed by atoms with Crippen LogP contribution in [0.25, 0.3) is 36.1 Å². The molecular weight excluding hydrogens is 641 g/mol. The van der Waals surface area contributed by atoms with Gasteiger partial charge in [-0.15, -0.1) is 11.1 Å². The Kier molecular flexibility index (Phi) is 56.4. The van der Waals surface area contributed by atoms with Gasteiger partial charge in [0.1, 0.15) is 0 Å². The van der Waals surface area contributed by atoms with Gasteiger partial charge >= 0.3 is 56.4 Å². The van der Waals surface area contributed by atoms with Gasteiger partial charge in [0.05, 0.1) is 0 Å². The maximum absolute atomic E-state index is 7.53. The van der Waals surface area contributed by atoms with Crippen molar-refractivity contribution in [1.82, 2.24) is 0 Å². The van der Waals surface area contributed by atoms with Gasteiger partial charge in [-0.2, -0.15) is 0 Å². The first-order valence-electron chi connectivity index (χ1n) is 3.95. The molecule has 0 aliphatic heterocycles. The van der Waals surface area contributed by atoms with E-state index in [-0.39, 0.29) is 35.7 Å². The quantitative estimate of drug-likeness (QED) is 0.287. The van der Waals surface area contributed by atoms with Crippen molar-refractivity contribution in [3.8, 4) is 0 Å². The molecule has 10 heteroatoms. The summed E-state index contributed by atoms with van der Waals surface area (Å²) in [6.45, 7) is 7.55.